The Kier molecular flexibility index (Phi) is 2.48. The molecule has 1 saturated carbocycles. The summed E-state index contributed by atoms with van der Waals surface area (Å²) in [6.45, 7) is 0.339. The Morgan fingerprint density at radius 2 is 2.35 bits per heavy atom. The van der Waals surface area contributed by atoms with Gasteiger partial charge in [0.2, 0.25) is 0 Å². The Morgan fingerprint density at radius 1 is 1.47 bits per heavy atom. The highest BCUT2D eigenvalue weighted by Gasteiger charge is 2.28. The van der Waals surface area contributed by atoms with Crippen molar-refractivity contribution in [3.05, 3.63) is 36.3 Å². The molecular formula is C13H13N3O. The molecular weight excluding hydrogens is 214 g/mol. The average molecular weight is 227 g/mol. The number of carbonyl (C=O) groups is 1. The molecule has 0 aliphatic heterocycles. The van der Waals surface area contributed by atoms with Crippen molar-refractivity contribution in [3.8, 4) is 11.3 Å². The number of aldehydes is 1. The minimum atomic E-state index is 0.339. The van der Waals surface area contributed by atoms with Crippen molar-refractivity contribution in [2.45, 2.75) is 25.3 Å². The molecule has 0 atom stereocenters. The molecule has 0 amide bonds. The Labute approximate surface area is 99.3 Å². The van der Waals surface area contributed by atoms with Crippen LogP contribution >= 0.6 is 0 Å². The van der Waals surface area contributed by atoms with E-state index >= 15 is 0 Å². The zero-order valence-corrected chi connectivity index (χ0v) is 9.41. The van der Waals surface area contributed by atoms with Gasteiger partial charge in [0.15, 0.2) is 0 Å². The maximum absolute atomic E-state index is 10.6. The average Bonchev–Trinajstić information content (AvgIpc) is 3.13. The number of hydrogen-bond acceptors (Lipinski definition) is 3. The molecule has 2 aromatic rings. The van der Waals surface area contributed by atoms with Crippen molar-refractivity contribution in [2.24, 2.45) is 0 Å². The third-order valence-corrected chi connectivity index (χ3v) is 3.01. The molecule has 86 valence electrons. The van der Waals surface area contributed by atoms with E-state index in [1.165, 1.54) is 18.5 Å². The second-order valence-electron chi connectivity index (χ2n) is 4.32. The lowest BCUT2D eigenvalue weighted by molar-refractivity contribution is -0.108. The van der Waals surface area contributed by atoms with Crippen molar-refractivity contribution in [1.82, 2.24) is 14.8 Å². The Bertz CT molecular complexity index is 529. The molecule has 0 unspecified atom stereocenters. The van der Waals surface area contributed by atoms with E-state index in [0.29, 0.717) is 12.5 Å². The molecule has 0 spiro atoms. The van der Waals surface area contributed by atoms with Crippen LogP contribution in [0.25, 0.3) is 11.3 Å². The van der Waals surface area contributed by atoms with E-state index in [1.807, 2.05) is 16.8 Å². The van der Waals surface area contributed by atoms with Crippen LogP contribution in [0, 0.1) is 0 Å². The quantitative estimate of drug-likeness (QED) is 0.751. The fourth-order valence-corrected chi connectivity index (χ4v) is 2.01. The summed E-state index contributed by atoms with van der Waals surface area (Å²) in [7, 11) is 0. The molecule has 0 radical (unpaired) electrons. The Hall–Kier alpha value is -1.97. The molecule has 4 heteroatoms. The van der Waals surface area contributed by atoms with Gasteiger partial charge in [-0.15, -0.1) is 0 Å². The maximum Gasteiger partial charge on any atom is 0.141 e. The monoisotopic (exact) mass is 227 g/mol. The van der Waals surface area contributed by atoms with Gasteiger partial charge in [-0.25, -0.2) is 0 Å². The summed E-state index contributed by atoms with van der Waals surface area (Å²) in [5, 5.41) is 4.48. The van der Waals surface area contributed by atoms with Crippen molar-refractivity contribution in [2.75, 3.05) is 0 Å². The number of hydrogen-bond donors (Lipinski definition) is 0. The second-order valence-corrected chi connectivity index (χ2v) is 4.32. The molecule has 3 rings (SSSR count). The normalized spacial score (nSPS) is 14.8. The van der Waals surface area contributed by atoms with Crippen LogP contribution in [0.2, 0.25) is 0 Å². The van der Waals surface area contributed by atoms with Gasteiger partial charge in [0.05, 0.1) is 12.2 Å². The van der Waals surface area contributed by atoms with Crippen LogP contribution in [0.1, 0.15) is 24.5 Å². The largest absolute Gasteiger partial charge is 0.301 e. The maximum atomic E-state index is 10.6. The van der Waals surface area contributed by atoms with Crippen molar-refractivity contribution in [1.29, 1.82) is 0 Å². The summed E-state index contributed by atoms with van der Waals surface area (Å²) in [6, 6.07) is 5.96. The molecule has 4 nitrogen and oxygen atoms in total. The van der Waals surface area contributed by atoms with E-state index in [2.05, 4.69) is 16.1 Å². The van der Waals surface area contributed by atoms with E-state index in [1.54, 1.807) is 12.4 Å². The minimum absolute atomic E-state index is 0.339. The molecule has 0 N–H and O–H groups in total. The van der Waals surface area contributed by atoms with Crippen LogP contribution < -0.4 is 0 Å². The van der Waals surface area contributed by atoms with Gasteiger partial charge in [-0.2, -0.15) is 5.10 Å². The molecule has 1 aliphatic rings. The van der Waals surface area contributed by atoms with E-state index in [0.717, 1.165) is 17.5 Å². The standard InChI is InChI=1S/C13H13N3O/c17-7-6-16-13(10-3-4-10)8-12(15-16)11-2-1-5-14-9-11/h1-2,5,7-10H,3-4,6H2. The molecule has 0 bridgehead atoms. The summed E-state index contributed by atoms with van der Waals surface area (Å²) in [4.78, 5) is 14.7. The number of carbonyl (C=O) groups excluding carboxylic acids is 1. The lowest BCUT2D eigenvalue weighted by atomic mass is 10.2. The molecule has 17 heavy (non-hydrogen) atoms. The predicted octanol–water partition coefficient (Wildman–Crippen LogP) is 2.02. The SMILES string of the molecule is O=CCn1nc(-c2cccnc2)cc1C1CC1. The third kappa shape index (κ3) is 1.98. The lowest BCUT2D eigenvalue weighted by Crippen LogP contribution is -2.04. The van der Waals surface area contributed by atoms with E-state index in [-0.39, 0.29) is 0 Å². The highest BCUT2D eigenvalue weighted by molar-refractivity contribution is 5.59. The van der Waals surface area contributed by atoms with Gasteiger partial charge in [0.1, 0.15) is 6.29 Å². The van der Waals surface area contributed by atoms with E-state index in [4.69, 9.17) is 0 Å². The highest BCUT2D eigenvalue weighted by atomic mass is 16.1. The van der Waals surface area contributed by atoms with Crippen LogP contribution in [0.4, 0.5) is 0 Å². The zero-order valence-electron chi connectivity index (χ0n) is 9.41. The predicted molar refractivity (Wildman–Crippen MR) is 63.5 cm³/mol. The smallest absolute Gasteiger partial charge is 0.141 e. The summed E-state index contributed by atoms with van der Waals surface area (Å²) in [5.74, 6) is 0.591. The van der Waals surface area contributed by atoms with Crippen LogP contribution in [-0.2, 0) is 11.3 Å². The van der Waals surface area contributed by atoms with E-state index in [9.17, 15) is 4.79 Å². The molecule has 0 aromatic carbocycles. The second kappa shape index (κ2) is 4.13. The topological polar surface area (TPSA) is 47.8 Å². The Balaban J connectivity index is 2.00. The molecule has 1 aliphatic carbocycles. The Morgan fingerprint density at radius 3 is 3.00 bits per heavy atom. The first-order valence-corrected chi connectivity index (χ1v) is 5.80. The molecule has 2 aromatic heterocycles. The number of nitrogens with zero attached hydrogens (tertiary/aromatic N) is 3. The van der Waals surface area contributed by atoms with Crippen LogP contribution in [0.3, 0.4) is 0 Å². The third-order valence-electron chi connectivity index (χ3n) is 3.01. The van der Waals surface area contributed by atoms with Crippen molar-refractivity contribution < 1.29 is 4.79 Å². The first-order valence-electron chi connectivity index (χ1n) is 5.80. The van der Waals surface area contributed by atoms with Crippen molar-refractivity contribution >= 4 is 6.29 Å². The van der Waals surface area contributed by atoms with Gasteiger partial charge >= 0.3 is 0 Å². The van der Waals surface area contributed by atoms with Gasteiger partial charge in [-0.05, 0) is 31.0 Å². The fraction of sp³-hybridized carbons (Fsp3) is 0.308. The highest BCUT2D eigenvalue weighted by Crippen LogP contribution is 2.41. The zero-order chi connectivity index (χ0) is 11.7. The fourth-order valence-electron chi connectivity index (χ4n) is 2.01. The minimum Gasteiger partial charge on any atom is -0.301 e. The van der Waals surface area contributed by atoms with Crippen molar-refractivity contribution in [3.63, 3.8) is 0 Å². The first kappa shape index (κ1) is 10.2. The van der Waals surface area contributed by atoms with E-state index < -0.39 is 0 Å². The first-order chi connectivity index (χ1) is 8.38. The van der Waals surface area contributed by atoms with Crippen LogP contribution in [-0.4, -0.2) is 21.1 Å². The molecule has 1 fully saturated rings. The summed E-state index contributed by atoms with van der Waals surface area (Å²) in [6.07, 6.45) is 6.85. The summed E-state index contributed by atoms with van der Waals surface area (Å²) >= 11 is 0. The summed E-state index contributed by atoms with van der Waals surface area (Å²) in [5.41, 5.74) is 3.08. The molecule has 0 saturated heterocycles. The number of rotatable bonds is 4. The van der Waals surface area contributed by atoms with Crippen LogP contribution in [0.15, 0.2) is 30.6 Å². The van der Waals surface area contributed by atoms with Gasteiger partial charge in [-0.3, -0.25) is 9.67 Å². The molecule has 2 heterocycles. The number of pyridine rings is 1. The lowest BCUT2D eigenvalue weighted by Gasteiger charge is -1.99. The van der Waals surface area contributed by atoms with Crippen LogP contribution in [0.5, 0.6) is 0 Å². The van der Waals surface area contributed by atoms with Gasteiger partial charge < -0.3 is 4.79 Å². The van der Waals surface area contributed by atoms with Gasteiger partial charge in [0.25, 0.3) is 0 Å². The summed E-state index contributed by atoms with van der Waals surface area (Å²) < 4.78 is 1.81. The van der Waals surface area contributed by atoms with Gasteiger partial charge in [0, 0.05) is 29.6 Å². The van der Waals surface area contributed by atoms with Gasteiger partial charge in [-0.1, -0.05) is 0 Å². The number of aromatic nitrogens is 3.